The number of Topliss-reactive ketones (excluding diaryl/α,β-unsaturated/α-hetero) is 1. The maximum Gasteiger partial charge on any atom is 0.136 e. The maximum atomic E-state index is 11.1. The van der Waals surface area contributed by atoms with Crippen LogP contribution in [0.2, 0.25) is 0 Å². The molecule has 0 radical (unpaired) electrons. The highest BCUT2D eigenvalue weighted by molar-refractivity contribution is 5.90. The highest BCUT2D eigenvalue weighted by Gasteiger charge is 2.45. The number of hydrogen-bond acceptors (Lipinski definition) is 3. The zero-order chi connectivity index (χ0) is 11.6. The first kappa shape index (κ1) is 10.8. The second kappa shape index (κ2) is 4.07. The van der Waals surface area contributed by atoms with Gasteiger partial charge in [0.05, 0.1) is 18.1 Å². The van der Waals surface area contributed by atoms with Crippen LogP contribution in [0.25, 0.3) is 0 Å². The molecule has 3 nitrogen and oxygen atoms in total. The van der Waals surface area contributed by atoms with Gasteiger partial charge in [0.25, 0.3) is 0 Å². The Hall–Kier alpha value is -1.66. The second-order valence-electron chi connectivity index (χ2n) is 4.22. The molecule has 0 spiro atoms. The molecular formula is C13H13NO2. The Bertz CT molecular complexity index is 451. The van der Waals surface area contributed by atoms with Gasteiger partial charge in [0.2, 0.25) is 0 Å². The van der Waals surface area contributed by atoms with E-state index < -0.39 is 5.41 Å². The van der Waals surface area contributed by atoms with E-state index in [1.807, 2.05) is 24.3 Å². The molecule has 1 aliphatic carbocycles. The minimum atomic E-state index is -0.583. The molecule has 0 aromatic heterocycles. The van der Waals surface area contributed by atoms with Crippen molar-refractivity contribution in [3.8, 4) is 6.07 Å². The van der Waals surface area contributed by atoms with Gasteiger partial charge >= 0.3 is 0 Å². The summed E-state index contributed by atoms with van der Waals surface area (Å²) in [5, 5.41) is 9.20. The summed E-state index contributed by atoms with van der Waals surface area (Å²) in [5.41, 5.74) is 1.39. The number of methoxy groups -OCH3 is 1. The standard InChI is InChI=1S/C13H13NO2/c1-16-8-10-3-2-4-11(5-10)13(9-14)6-12(15)7-13/h2-5H,6-8H2,1H3. The van der Waals surface area contributed by atoms with Crippen LogP contribution in [-0.4, -0.2) is 12.9 Å². The number of carbonyl (C=O) groups excluding carboxylic acids is 1. The van der Waals surface area contributed by atoms with E-state index in [0.717, 1.165) is 11.1 Å². The third-order valence-corrected chi connectivity index (χ3v) is 3.00. The zero-order valence-electron chi connectivity index (χ0n) is 9.19. The first-order chi connectivity index (χ1) is 7.70. The number of ether oxygens (including phenoxy) is 1. The number of carbonyl (C=O) groups is 1. The Morgan fingerprint density at radius 1 is 1.50 bits per heavy atom. The number of hydrogen-bond donors (Lipinski definition) is 0. The normalized spacial score (nSPS) is 17.6. The summed E-state index contributed by atoms with van der Waals surface area (Å²) in [6, 6.07) is 10.0. The van der Waals surface area contributed by atoms with Crippen LogP contribution >= 0.6 is 0 Å². The van der Waals surface area contributed by atoms with E-state index in [9.17, 15) is 10.1 Å². The molecule has 1 aromatic carbocycles. The van der Waals surface area contributed by atoms with E-state index in [-0.39, 0.29) is 5.78 Å². The van der Waals surface area contributed by atoms with Gasteiger partial charge in [-0.05, 0) is 11.1 Å². The molecule has 16 heavy (non-hydrogen) atoms. The predicted octanol–water partition coefficient (Wildman–Crippen LogP) is 1.96. The first-order valence-corrected chi connectivity index (χ1v) is 5.21. The topological polar surface area (TPSA) is 50.1 Å². The number of nitriles is 1. The molecule has 1 saturated carbocycles. The quantitative estimate of drug-likeness (QED) is 0.774. The number of benzene rings is 1. The van der Waals surface area contributed by atoms with Crippen LogP contribution in [0.15, 0.2) is 24.3 Å². The van der Waals surface area contributed by atoms with Crippen molar-refractivity contribution in [2.45, 2.75) is 24.9 Å². The average molecular weight is 215 g/mol. The van der Waals surface area contributed by atoms with Gasteiger partial charge in [0.15, 0.2) is 0 Å². The van der Waals surface area contributed by atoms with Crippen molar-refractivity contribution in [1.82, 2.24) is 0 Å². The van der Waals surface area contributed by atoms with E-state index in [1.54, 1.807) is 7.11 Å². The summed E-state index contributed by atoms with van der Waals surface area (Å²) in [6.07, 6.45) is 0.694. The van der Waals surface area contributed by atoms with Gasteiger partial charge in [-0.1, -0.05) is 24.3 Å². The lowest BCUT2D eigenvalue weighted by Gasteiger charge is -2.34. The maximum absolute atomic E-state index is 11.1. The van der Waals surface area contributed by atoms with Crippen LogP contribution in [0.3, 0.4) is 0 Å². The fourth-order valence-electron chi connectivity index (χ4n) is 2.09. The summed E-state index contributed by atoms with van der Waals surface area (Å²) in [5.74, 6) is 0.165. The van der Waals surface area contributed by atoms with Gasteiger partial charge in [0, 0.05) is 20.0 Å². The first-order valence-electron chi connectivity index (χ1n) is 5.21. The van der Waals surface area contributed by atoms with Crippen LogP contribution in [0, 0.1) is 11.3 Å². The van der Waals surface area contributed by atoms with Crippen molar-refractivity contribution >= 4 is 5.78 Å². The van der Waals surface area contributed by atoms with E-state index >= 15 is 0 Å². The van der Waals surface area contributed by atoms with Crippen molar-refractivity contribution in [1.29, 1.82) is 5.26 Å². The van der Waals surface area contributed by atoms with Gasteiger partial charge < -0.3 is 4.74 Å². The van der Waals surface area contributed by atoms with E-state index in [2.05, 4.69) is 6.07 Å². The van der Waals surface area contributed by atoms with Crippen LogP contribution < -0.4 is 0 Å². The molecule has 0 bridgehead atoms. The Kier molecular flexibility index (Phi) is 2.76. The van der Waals surface area contributed by atoms with Gasteiger partial charge in [-0.15, -0.1) is 0 Å². The minimum absolute atomic E-state index is 0.165. The highest BCUT2D eigenvalue weighted by atomic mass is 16.5. The molecule has 1 aliphatic rings. The van der Waals surface area contributed by atoms with Gasteiger partial charge in [-0.25, -0.2) is 0 Å². The molecule has 0 aliphatic heterocycles. The predicted molar refractivity (Wildman–Crippen MR) is 58.7 cm³/mol. The monoisotopic (exact) mass is 215 g/mol. The number of rotatable bonds is 3. The molecular weight excluding hydrogens is 202 g/mol. The van der Waals surface area contributed by atoms with Crippen LogP contribution in [0.5, 0.6) is 0 Å². The lowest BCUT2D eigenvalue weighted by Crippen LogP contribution is -2.40. The smallest absolute Gasteiger partial charge is 0.136 e. The lowest BCUT2D eigenvalue weighted by molar-refractivity contribution is -0.126. The minimum Gasteiger partial charge on any atom is -0.380 e. The molecule has 1 fully saturated rings. The van der Waals surface area contributed by atoms with Crippen molar-refractivity contribution < 1.29 is 9.53 Å². The fraction of sp³-hybridized carbons (Fsp3) is 0.385. The van der Waals surface area contributed by atoms with Crippen molar-refractivity contribution in [2.75, 3.05) is 7.11 Å². The molecule has 82 valence electrons. The molecule has 0 amide bonds. The Balaban J connectivity index is 2.30. The molecule has 0 N–H and O–H groups in total. The highest BCUT2D eigenvalue weighted by Crippen LogP contribution is 2.40. The molecule has 0 heterocycles. The average Bonchev–Trinajstić information content (AvgIpc) is 2.25. The molecule has 0 unspecified atom stereocenters. The molecule has 0 saturated heterocycles. The number of ketones is 1. The zero-order valence-corrected chi connectivity index (χ0v) is 9.19. The molecule has 0 atom stereocenters. The van der Waals surface area contributed by atoms with Crippen molar-refractivity contribution in [2.24, 2.45) is 0 Å². The van der Waals surface area contributed by atoms with E-state index in [0.29, 0.717) is 19.4 Å². The lowest BCUT2D eigenvalue weighted by atomic mass is 9.64. The second-order valence-corrected chi connectivity index (χ2v) is 4.22. The Morgan fingerprint density at radius 2 is 2.25 bits per heavy atom. The van der Waals surface area contributed by atoms with Gasteiger partial charge in [0.1, 0.15) is 5.78 Å². The van der Waals surface area contributed by atoms with Crippen LogP contribution in [-0.2, 0) is 21.6 Å². The number of nitrogens with zero attached hydrogens (tertiary/aromatic N) is 1. The van der Waals surface area contributed by atoms with Crippen molar-refractivity contribution in [3.63, 3.8) is 0 Å². The SMILES string of the molecule is COCc1cccc(C2(C#N)CC(=O)C2)c1. The Morgan fingerprint density at radius 3 is 2.81 bits per heavy atom. The summed E-state index contributed by atoms with van der Waals surface area (Å²) in [4.78, 5) is 11.1. The van der Waals surface area contributed by atoms with E-state index in [4.69, 9.17) is 4.74 Å². The molecule has 3 heteroatoms. The molecule has 2 rings (SSSR count). The summed E-state index contributed by atoms with van der Waals surface area (Å²) in [6.45, 7) is 0.531. The Labute approximate surface area is 94.6 Å². The van der Waals surface area contributed by atoms with Gasteiger partial charge in [-0.2, -0.15) is 5.26 Å². The van der Waals surface area contributed by atoms with Crippen LogP contribution in [0.4, 0.5) is 0 Å². The summed E-state index contributed by atoms with van der Waals surface area (Å²) in [7, 11) is 1.64. The third-order valence-electron chi connectivity index (χ3n) is 3.00. The fourth-order valence-corrected chi connectivity index (χ4v) is 2.09. The van der Waals surface area contributed by atoms with E-state index in [1.165, 1.54) is 0 Å². The summed E-state index contributed by atoms with van der Waals surface area (Å²) < 4.78 is 5.05. The summed E-state index contributed by atoms with van der Waals surface area (Å²) >= 11 is 0. The molecule has 1 aromatic rings. The van der Waals surface area contributed by atoms with Crippen molar-refractivity contribution in [3.05, 3.63) is 35.4 Å². The van der Waals surface area contributed by atoms with Crippen LogP contribution in [0.1, 0.15) is 24.0 Å². The van der Waals surface area contributed by atoms with Gasteiger partial charge in [-0.3, -0.25) is 4.79 Å². The third kappa shape index (κ3) is 1.72. The largest absolute Gasteiger partial charge is 0.380 e.